The maximum atomic E-state index is 13.5. The Morgan fingerprint density at radius 1 is 1.03 bits per heavy atom. The predicted octanol–water partition coefficient (Wildman–Crippen LogP) is 2.60. The van der Waals surface area contributed by atoms with E-state index in [1.807, 2.05) is 32.9 Å². The zero-order chi connectivity index (χ0) is 27.1. The van der Waals surface area contributed by atoms with Crippen LogP contribution in [0.4, 0.5) is 0 Å². The third-order valence-electron chi connectivity index (χ3n) is 6.68. The summed E-state index contributed by atoms with van der Waals surface area (Å²) in [6, 6.07) is 9.50. The van der Waals surface area contributed by atoms with Gasteiger partial charge in [-0.25, -0.2) is 16.8 Å². The van der Waals surface area contributed by atoms with Gasteiger partial charge in [0.05, 0.1) is 9.79 Å². The monoisotopic (exact) mass is 546 g/mol. The molecule has 37 heavy (non-hydrogen) atoms. The fourth-order valence-electron chi connectivity index (χ4n) is 5.10. The number of amides is 1. The van der Waals surface area contributed by atoms with Crippen LogP contribution in [-0.2, 0) is 24.8 Å². The number of nitrogens with zero attached hydrogens (tertiary/aromatic N) is 3. The second-order valence-electron chi connectivity index (χ2n) is 10.2. The summed E-state index contributed by atoms with van der Waals surface area (Å²) in [4.78, 5) is 20.2. The van der Waals surface area contributed by atoms with Crippen molar-refractivity contribution in [1.82, 2.24) is 13.9 Å². The number of nitrogens with one attached hydrogen (secondary N) is 1. The summed E-state index contributed by atoms with van der Waals surface area (Å²) in [7, 11) is -7.42. The quantitative estimate of drug-likeness (QED) is 0.598. The van der Waals surface area contributed by atoms with Gasteiger partial charge in [0, 0.05) is 31.7 Å². The summed E-state index contributed by atoms with van der Waals surface area (Å²) >= 11 is 0. The van der Waals surface area contributed by atoms with Crippen LogP contribution in [0.3, 0.4) is 0 Å². The first kappa shape index (κ1) is 27.3. The van der Waals surface area contributed by atoms with Crippen molar-refractivity contribution in [3.63, 3.8) is 0 Å². The first-order valence-electron chi connectivity index (χ1n) is 12.4. The Morgan fingerprint density at radius 3 is 2.22 bits per heavy atom. The van der Waals surface area contributed by atoms with Crippen molar-refractivity contribution in [2.45, 2.75) is 56.9 Å². The maximum Gasteiger partial charge on any atom is 0.263 e. The molecule has 9 nitrogen and oxygen atoms in total. The number of aliphatic imine (C=N–C) groups is 1. The summed E-state index contributed by atoms with van der Waals surface area (Å²) in [5.41, 5.74) is 2.88. The molecule has 11 heteroatoms. The molecule has 4 rings (SSSR count). The Morgan fingerprint density at radius 2 is 1.62 bits per heavy atom. The number of piperazine rings is 1. The normalized spacial score (nSPS) is 19.6. The SMILES string of the molecule is Cc1cc(C)c(S(=O)(=O)N2CCN(C(=O)C(CC(C)C)N=C3NS(=O)(=O)c4ccccc43)CC2)c(C)c1. The summed E-state index contributed by atoms with van der Waals surface area (Å²) in [5, 5.41) is 0. The Balaban J connectivity index is 1.54. The Labute approximate surface area is 219 Å². The highest BCUT2D eigenvalue weighted by Crippen LogP contribution is 2.27. The molecule has 0 spiro atoms. The standard InChI is InChI=1S/C26H34N4O5S2/c1-17(2)14-22(27-25-21-8-6-7-9-23(21)36(32,33)28-25)26(31)29-10-12-30(13-11-29)37(34,35)24-19(4)15-18(3)16-20(24)5/h6-9,15-17,22H,10-14H2,1-5H3,(H,27,28). The highest BCUT2D eigenvalue weighted by Gasteiger charge is 2.36. The minimum Gasteiger partial charge on any atom is -0.338 e. The average Bonchev–Trinajstić information content (AvgIpc) is 3.07. The van der Waals surface area contributed by atoms with Crippen molar-refractivity contribution < 1.29 is 21.6 Å². The maximum absolute atomic E-state index is 13.5. The van der Waals surface area contributed by atoms with Gasteiger partial charge in [0.25, 0.3) is 10.0 Å². The number of fused-ring (bicyclic) bond motifs is 1. The lowest BCUT2D eigenvalue weighted by atomic mass is 10.0. The molecule has 1 fully saturated rings. The zero-order valence-corrected chi connectivity index (χ0v) is 23.5. The molecule has 0 saturated carbocycles. The van der Waals surface area contributed by atoms with Crippen LogP contribution in [0, 0.1) is 26.7 Å². The van der Waals surface area contributed by atoms with Gasteiger partial charge in [-0.15, -0.1) is 0 Å². The topological polar surface area (TPSA) is 116 Å². The summed E-state index contributed by atoms with van der Waals surface area (Å²) in [5.74, 6) is 0.0753. The lowest BCUT2D eigenvalue weighted by Gasteiger charge is -2.36. The van der Waals surface area contributed by atoms with Gasteiger partial charge in [-0.1, -0.05) is 43.7 Å². The van der Waals surface area contributed by atoms with Gasteiger partial charge in [-0.05, 0) is 56.4 Å². The zero-order valence-electron chi connectivity index (χ0n) is 21.9. The molecule has 1 saturated heterocycles. The molecular formula is C26H34N4O5S2. The van der Waals surface area contributed by atoms with Crippen LogP contribution in [0.25, 0.3) is 0 Å². The molecule has 1 atom stereocenters. The minimum atomic E-state index is -3.72. The van der Waals surface area contributed by atoms with E-state index in [1.54, 1.807) is 36.9 Å². The van der Waals surface area contributed by atoms with Crippen LogP contribution in [0.1, 0.15) is 42.5 Å². The minimum absolute atomic E-state index is 0.140. The second kappa shape index (κ2) is 10.2. The van der Waals surface area contributed by atoms with E-state index in [1.165, 1.54) is 10.4 Å². The van der Waals surface area contributed by atoms with Crippen molar-refractivity contribution in [2.75, 3.05) is 26.2 Å². The highest BCUT2D eigenvalue weighted by atomic mass is 32.2. The van der Waals surface area contributed by atoms with Crippen molar-refractivity contribution >= 4 is 31.8 Å². The Bertz CT molecular complexity index is 1430. The third kappa shape index (κ3) is 5.44. The molecule has 0 bridgehead atoms. The molecule has 0 aliphatic carbocycles. The number of sulfonamides is 2. The third-order valence-corrected chi connectivity index (χ3v) is 10.3. The van der Waals surface area contributed by atoms with Gasteiger partial charge in [0.2, 0.25) is 15.9 Å². The van der Waals surface area contributed by atoms with Gasteiger partial charge < -0.3 is 4.90 Å². The lowest BCUT2D eigenvalue weighted by molar-refractivity contribution is -0.134. The second-order valence-corrected chi connectivity index (χ2v) is 13.7. The first-order valence-corrected chi connectivity index (χ1v) is 15.3. The van der Waals surface area contributed by atoms with E-state index in [4.69, 9.17) is 0 Å². The van der Waals surface area contributed by atoms with Crippen LogP contribution < -0.4 is 4.72 Å². The predicted molar refractivity (Wildman–Crippen MR) is 143 cm³/mol. The van der Waals surface area contributed by atoms with Crippen LogP contribution in [0.15, 0.2) is 51.2 Å². The fraction of sp³-hybridized carbons (Fsp3) is 0.462. The molecule has 2 aromatic carbocycles. The molecule has 2 aliphatic rings. The van der Waals surface area contributed by atoms with Crippen LogP contribution >= 0.6 is 0 Å². The number of amidine groups is 1. The molecule has 0 radical (unpaired) electrons. The summed E-state index contributed by atoms with van der Waals surface area (Å²) in [6.07, 6.45) is 0.437. The number of carbonyl (C=O) groups excluding carboxylic acids is 1. The molecule has 1 amide bonds. The Kier molecular flexibility index (Phi) is 7.51. The molecule has 1 unspecified atom stereocenters. The van der Waals surface area contributed by atoms with E-state index in [9.17, 15) is 21.6 Å². The van der Waals surface area contributed by atoms with Crippen molar-refractivity contribution in [2.24, 2.45) is 10.9 Å². The number of hydrogen-bond acceptors (Lipinski definition) is 6. The molecule has 2 aromatic rings. The van der Waals surface area contributed by atoms with Crippen molar-refractivity contribution in [1.29, 1.82) is 0 Å². The fourth-order valence-corrected chi connectivity index (χ4v) is 8.18. The molecule has 2 heterocycles. The summed E-state index contributed by atoms with van der Waals surface area (Å²) < 4.78 is 55.8. The van der Waals surface area contributed by atoms with E-state index in [0.717, 1.165) is 5.56 Å². The van der Waals surface area contributed by atoms with E-state index >= 15 is 0 Å². The van der Waals surface area contributed by atoms with Gasteiger partial charge in [-0.3, -0.25) is 14.5 Å². The largest absolute Gasteiger partial charge is 0.338 e. The molecule has 0 aromatic heterocycles. The molecular weight excluding hydrogens is 512 g/mol. The average molecular weight is 547 g/mol. The van der Waals surface area contributed by atoms with E-state index in [0.29, 0.717) is 28.0 Å². The van der Waals surface area contributed by atoms with Gasteiger partial charge in [0.1, 0.15) is 11.9 Å². The highest BCUT2D eigenvalue weighted by molar-refractivity contribution is 7.90. The molecule has 1 N–H and O–H groups in total. The van der Waals surface area contributed by atoms with Gasteiger partial charge >= 0.3 is 0 Å². The van der Waals surface area contributed by atoms with Crippen LogP contribution in [0.2, 0.25) is 0 Å². The number of benzene rings is 2. The number of aryl methyl sites for hydroxylation is 3. The van der Waals surface area contributed by atoms with Gasteiger partial charge in [0.15, 0.2) is 0 Å². The van der Waals surface area contributed by atoms with E-state index < -0.39 is 26.1 Å². The number of rotatable bonds is 6. The number of carbonyl (C=O) groups is 1. The molecule has 2 aliphatic heterocycles. The Hall–Kier alpha value is -2.76. The van der Waals surface area contributed by atoms with E-state index in [2.05, 4.69) is 9.71 Å². The number of hydrogen-bond donors (Lipinski definition) is 1. The van der Waals surface area contributed by atoms with Crippen LogP contribution in [0.5, 0.6) is 0 Å². The lowest BCUT2D eigenvalue weighted by Crippen LogP contribution is -2.53. The smallest absolute Gasteiger partial charge is 0.263 e. The molecule has 200 valence electrons. The van der Waals surface area contributed by atoms with Crippen LogP contribution in [-0.4, -0.2) is 70.0 Å². The summed E-state index contributed by atoms with van der Waals surface area (Å²) in [6.45, 7) is 10.3. The first-order chi connectivity index (χ1) is 17.3. The van der Waals surface area contributed by atoms with E-state index in [-0.39, 0.29) is 48.7 Å². The van der Waals surface area contributed by atoms with Crippen molar-refractivity contribution in [3.8, 4) is 0 Å². The van der Waals surface area contributed by atoms with Crippen molar-refractivity contribution in [3.05, 3.63) is 58.7 Å². The van der Waals surface area contributed by atoms with Gasteiger partial charge in [-0.2, -0.15) is 4.31 Å².